The van der Waals surface area contributed by atoms with Crippen molar-refractivity contribution in [2.24, 2.45) is 0 Å². The van der Waals surface area contributed by atoms with E-state index in [0.717, 1.165) is 9.80 Å². The van der Waals surface area contributed by atoms with E-state index in [4.69, 9.17) is 20.4 Å². The standard InChI is InChI=1S/C19H28N3O10P/c23-16(24)10-21(11-17(25)26)8-6-20(7-9-22(12-18(27)28)13-19(29)30)14-33(31,32)15-4-2-1-3-5-15/h1-5H,6-14H2,(H,23,24)(H,25,26)(H,27,28)(H,29,30)(H,31,32). The summed E-state index contributed by atoms with van der Waals surface area (Å²) in [6, 6.07) is 7.80. The molecular formula is C19H28N3O10P. The van der Waals surface area contributed by atoms with Crippen molar-refractivity contribution in [2.45, 2.75) is 0 Å². The van der Waals surface area contributed by atoms with Gasteiger partial charge in [0.25, 0.3) is 0 Å². The highest BCUT2D eigenvalue weighted by molar-refractivity contribution is 7.66. The zero-order valence-electron chi connectivity index (χ0n) is 17.8. The Morgan fingerprint density at radius 1 is 0.636 bits per heavy atom. The van der Waals surface area contributed by atoms with Crippen molar-refractivity contribution in [2.75, 3.05) is 58.6 Å². The van der Waals surface area contributed by atoms with Gasteiger partial charge in [0.15, 0.2) is 0 Å². The molecule has 1 atom stereocenters. The summed E-state index contributed by atoms with van der Waals surface area (Å²) in [5.74, 6) is -4.97. The Hall–Kier alpha value is -2.83. The van der Waals surface area contributed by atoms with Gasteiger partial charge in [-0.05, 0) is 12.1 Å². The number of hydrogen-bond donors (Lipinski definition) is 5. The third kappa shape index (κ3) is 12.1. The normalized spacial score (nSPS) is 13.2. The summed E-state index contributed by atoms with van der Waals surface area (Å²) in [6.45, 7) is -2.37. The van der Waals surface area contributed by atoms with Gasteiger partial charge in [-0.15, -0.1) is 0 Å². The Morgan fingerprint density at radius 2 is 0.970 bits per heavy atom. The van der Waals surface area contributed by atoms with Gasteiger partial charge in [0.2, 0.25) is 7.37 Å². The molecular weight excluding hydrogens is 461 g/mol. The summed E-state index contributed by atoms with van der Waals surface area (Å²) < 4.78 is 12.9. The lowest BCUT2D eigenvalue weighted by molar-refractivity contribution is -0.143. The minimum atomic E-state index is -3.91. The van der Waals surface area contributed by atoms with Crippen molar-refractivity contribution in [3.8, 4) is 0 Å². The number of hydrogen-bond acceptors (Lipinski definition) is 8. The number of rotatable bonds is 17. The lowest BCUT2D eigenvalue weighted by atomic mass is 10.4. The molecule has 0 aliphatic carbocycles. The number of carboxylic acids is 4. The molecule has 0 bridgehead atoms. The van der Waals surface area contributed by atoms with Gasteiger partial charge in [0.1, 0.15) is 0 Å². The third-order valence-corrected chi connectivity index (χ3v) is 6.34. The predicted molar refractivity (Wildman–Crippen MR) is 116 cm³/mol. The Kier molecular flexibility index (Phi) is 11.7. The summed E-state index contributed by atoms with van der Waals surface area (Å²) in [5.41, 5.74) is 0. The zero-order chi connectivity index (χ0) is 25.0. The average molecular weight is 489 g/mol. The monoisotopic (exact) mass is 489 g/mol. The summed E-state index contributed by atoms with van der Waals surface area (Å²) >= 11 is 0. The van der Waals surface area contributed by atoms with E-state index in [1.54, 1.807) is 18.2 Å². The van der Waals surface area contributed by atoms with Crippen molar-refractivity contribution < 1.29 is 49.1 Å². The first-order valence-corrected chi connectivity index (χ1v) is 11.6. The first-order valence-electron chi connectivity index (χ1n) is 9.80. The first kappa shape index (κ1) is 28.2. The molecule has 0 spiro atoms. The average Bonchev–Trinajstić information content (AvgIpc) is 2.68. The van der Waals surface area contributed by atoms with E-state index in [1.807, 2.05) is 0 Å². The maximum atomic E-state index is 12.9. The smallest absolute Gasteiger partial charge is 0.317 e. The topological polar surface area (TPSA) is 196 Å². The summed E-state index contributed by atoms with van der Waals surface area (Å²) in [4.78, 5) is 58.4. The summed E-state index contributed by atoms with van der Waals surface area (Å²) in [7, 11) is -3.91. The molecule has 0 aromatic heterocycles. The van der Waals surface area contributed by atoms with Gasteiger partial charge >= 0.3 is 23.9 Å². The largest absolute Gasteiger partial charge is 0.480 e. The molecule has 0 aliphatic rings. The number of benzene rings is 1. The van der Waals surface area contributed by atoms with Crippen LogP contribution in [-0.2, 0) is 23.7 Å². The molecule has 1 aromatic carbocycles. The Labute approximate surface area is 189 Å². The van der Waals surface area contributed by atoms with Crippen LogP contribution in [0, 0.1) is 0 Å². The van der Waals surface area contributed by atoms with E-state index >= 15 is 0 Å². The molecule has 1 unspecified atom stereocenters. The molecule has 1 rings (SSSR count). The van der Waals surface area contributed by atoms with E-state index in [2.05, 4.69) is 0 Å². The SMILES string of the molecule is O=C(O)CN(CCN(CCN(CC(=O)O)CC(=O)O)CP(=O)(O)c1ccccc1)CC(=O)O. The quantitative estimate of drug-likeness (QED) is 0.164. The van der Waals surface area contributed by atoms with Gasteiger partial charge in [-0.1, -0.05) is 18.2 Å². The van der Waals surface area contributed by atoms with Crippen molar-refractivity contribution in [3.63, 3.8) is 0 Å². The molecule has 0 fully saturated rings. The van der Waals surface area contributed by atoms with Crippen LogP contribution in [0.25, 0.3) is 0 Å². The molecule has 13 nitrogen and oxygen atoms in total. The first-order chi connectivity index (χ1) is 15.4. The van der Waals surface area contributed by atoms with Crippen LogP contribution in [0.2, 0.25) is 0 Å². The van der Waals surface area contributed by atoms with Crippen molar-refractivity contribution in [1.82, 2.24) is 14.7 Å². The molecule has 5 N–H and O–H groups in total. The van der Waals surface area contributed by atoms with E-state index < -0.39 is 57.4 Å². The second kappa shape index (κ2) is 13.7. The highest BCUT2D eigenvalue weighted by Gasteiger charge is 2.26. The van der Waals surface area contributed by atoms with Gasteiger partial charge in [-0.3, -0.25) is 38.4 Å². The molecule has 1 aromatic rings. The summed E-state index contributed by atoms with van der Waals surface area (Å²) in [5, 5.41) is 36.1. The van der Waals surface area contributed by atoms with Crippen molar-refractivity contribution in [1.29, 1.82) is 0 Å². The molecule has 0 heterocycles. The zero-order valence-corrected chi connectivity index (χ0v) is 18.7. The molecule has 0 saturated carbocycles. The van der Waals surface area contributed by atoms with Gasteiger partial charge in [-0.25, -0.2) is 0 Å². The van der Waals surface area contributed by atoms with E-state index in [-0.39, 0.29) is 37.8 Å². The molecule has 0 radical (unpaired) electrons. The number of nitrogens with zero attached hydrogens (tertiary/aromatic N) is 3. The fourth-order valence-electron chi connectivity index (χ4n) is 3.03. The molecule has 14 heteroatoms. The molecule has 184 valence electrons. The maximum Gasteiger partial charge on any atom is 0.317 e. The predicted octanol–water partition coefficient (Wildman–Crippen LogP) is -1.22. The fraction of sp³-hybridized carbons (Fsp3) is 0.474. The van der Waals surface area contributed by atoms with Crippen LogP contribution in [0.3, 0.4) is 0 Å². The van der Waals surface area contributed by atoms with Crippen LogP contribution in [0.5, 0.6) is 0 Å². The minimum Gasteiger partial charge on any atom is -0.480 e. The number of carboxylic acid groups (broad SMARTS) is 4. The fourth-order valence-corrected chi connectivity index (χ4v) is 4.65. The van der Waals surface area contributed by atoms with Crippen LogP contribution >= 0.6 is 7.37 Å². The van der Waals surface area contributed by atoms with Crippen LogP contribution in [-0.4, -0.2) is 123 Å². The van der Waals surface area contributed by atoms with Crippen molar-refractivity contribution >= 4 is 36.6 Å². The van der Waals surface area contributed by atoms with Crippen LogP contribution < -0.4 is 5.30 Å². The van der Waals surface area contributed by atoms with Crippen molar-refractivity contribution in [3.05, 3.63) is 30.3 Å². The second-order valence-electron chi connectivity index (χ2n) is 7.29. The maximum absolute atomic E-state index is 12.9. The Morgan fingerprint density at radius 3 is 1.30 bits per heavy atom. The lowest BCUT2D eigenvalue weighted by Crippen LogP contribution is -2.44. The van der Waals surface area contributed by atoms with Crippen LogP contribution in [0.15, 0.2) is 30.3 Å². The highest BCUT2D eigenvalue weighted by atomic mass is 31.2. The van der Waals surface area contributed by atoms with Crippen LogP contribution in [0.1, 0.15) is 0 Å². The van der Waals surface area contributed by atoms with Gasteiger partial charge in [0.05, 0.1) is 32.5 Å². The Balaban J connectivity index is 2.99. The summed E-state index contributed by atoms with van der Waals surface area (Å²) in [6.07, 6.45) is -0.376. The van der Waals surface area contributed by atoms with E-state index in [9.17, 15) is 28.6 Å². The lowest BCUT2D eigenvalue weighted by Gasteiger charge is -2.29. The van der Waals surface area contributed by atoms with Gasteiger partial charge < -0.3 is 25.3 Å². The second-order valence-corrected chi connectivity index (χ2v) is 9.50. The van der Waals surface area contributed by atoms with Crippen LogP contribution in [0.4, 0.5) is 0 Å². The van der Waals surface area contributed by atoms with Gasteiger partial charge in [0, 0.05) is 31.5 Å². The van der Waals surface area contributed by atoms with E-state index in [0.29, 0.717) is 0 Å². The number of aliphatic carboxylic acids is 4. The molecule has 0 saturated heterocycles. The molecule has 33 heavy (non-hydrogen) atoms. The third-order valence-electron chi connectivity index (χ3n) is 4.45. The van der Waals surface area contributed by atoms with Gasteiger partial charge in [-0.2, -0.15) is 0 Å². The molecule has 0 amide bonds. The van der Waals surface area contributed by atoms with E-state index in [1.165, 1.54) is 17.0 Å². The minimum absolute atomic E-state index is 0.00801. The molecule has 0 aliphatic heterocycles. The number of carbonyl (C=O) groups is 4. The highest BCUT2D eigenvalue weighted by Crippen LogP contribution is 2.39. The Bertz CT molecular complexity index is 795.